The molecule has 5 aromatic rings. The molecule has 0 aliphatic heterocycles. The molecule has 0 radical (unpaired) electrons. The number of rotatable bonds is 5. The average Bonchev–Trinajstić information content (AvgIpc) is 3.20. The largest absolute Gasteiger partial charge is 0.671 e. The van der Waals surface area contributed by atoms with Gasteiger partial charge in [-0.05, 0) is 63.5 Å². The van der Waals surface area contributed by atoms with Crippen LogP contribution in [0, 0.1) is 48.1 Å². The minimum absolute atomic E-state index is 0. The molecule has 0 N–H and O–H groups in total. The van der Waals surface area contributed by atoms with Crippen molar-refractivity contribution >= 4 is 16.5 Å². The van der Waals surface area contributed by atoms with Crippen LogP contribution in [-0.2, 0) is 32.9 Å². The van der Waals surface area contributed by atoms with Crippen molar-refractivity contribution in [3.63, 3.8) is 0 Å². The zero-order valence-electron chi connectivity index (χ0n) is 22.8. The molecule has 188 valence electrons. The molecule has 0 aliphatic rings. The Kier molecular flexibility index (Phi) is 8.96. The third-order valence-corrected chi connectivity index (χ3v) is 6.84. The van der Waals surface area contributed by atoms with E-state index in [2.05, 4.69) is 119 Å². The number of hydrogen-bond donors (Lipinski definition) is 0. The Morgan fingerprint density at radius 1 is 0.838 bits per heavy atom. The molecule has 0 fully saturated rings. The molecule has 5 rings (SSSR count). The standard InChI is InChI=1S/C32H31N3.CH3.Hf/c1-20-17-23(4)29(24(5)18-20)31(34-30-21(2)11-9-12-22(30)3)32-33-28(19-35(32)6)27-16-10-14-25-13-7-8-15-26(25)27;;/h7-15,17-19,31H,1-6H3;1H3;/q-2;-1;. The van der Waals surface area contributed by atoms with E-state index in [9.17, 15) is 0 Å². The minimum Gasteiger partial charge on any atom is -0.671 e. The van der Waals surface area contributed by atoms with Gasteiger partial charge >= 0.3 is 0 Å². The average molecular weight is 651 g/mol. The SMILES string of the molecule is Cc1cc(C)c(C([N-]c2c(C)cccc2C)c2nc(-c3[c-]ccc4ccccc34)cn2C)c(C)c1.[CH3-].[Hf]. The van der Waals surface area contributed by atoms with Crippen LogP contribution in [0.15, 0.2) is 72.9 Å². The van der Waals surface area contributed by atoms with Gasteiger partial charge in [0, 0.05) is 38.6 Å². The number of aromatic nitrogens is 2. The molecule has 1 heterocycles. The summed E-state index contributed by atoms with van der Waals surface area (Å²) in [6.07, 6.45) is 2.11. The maximum Gasteiger partial charge on any atom is 0.0872 e. The Labute approximate surface area is 240 Å². The van der Waals surface area contributed by atoms with Gasteiger partial charge in [-0.3, -0.25) is 4.98 Å². The molecule has 0 spiro atoms. The maximum atomic E-state index is 5.39. The summed E-state index contributed by atoms with van der Waals surface area (Å²) in [6, 6.07) is 26.6. The van der Waals surface area contributed by atoms with Gasteiger partial charge in [-0.2, -0.15) is 0 Å². The second kappa shape index (κ2) is 11.6. The van der Waals surface area contributed by atoms with Crippen LogP contribution >= 0.6 is 0 Å². The van der Waals surface area contributed by atoms with E-state index < -0.39 is 0 Å². The predicted molar refractivity (Wildman–Crippen MR) is 153 cm³/mol. The topological polar surface area (TPSA) is 31.9 Å². The van der Waals surface area contributed by atoms with Crippen molar-refractivity contribution in [2.45, 2.75) is 40.7 Å². The van der Waals surface area contributed by atoms with Gasteiger partial charge < -0.3 is 17.3 Å². The van der Waals surface area contributed by atoms with Crippen LogP contribution in [-0.4, -0.2) is 9.55 Å². The number of fused-ring (bicyclic) bond motifs is 1. The molecule has 1 aromatic heterocycles. The van der Waals surface area contributed by atoms with E-state index in [4.69, 9.17) is 10.3 Å². The first-order chi connectivity index (χ1) is 16.8. The van der Waals surface area contributed by atoms with Crippen molar-refractivity contribution in [2.24, 2.45) is 7.05 Å². The summed E-state index contributed by atoms with van der Waals surface area (Å²) >= 11 is 0. The molecule has 0 amide bonds. The second-order valence-electron chi connectivity index (χ2n) is 9.62. The molecular formula is C33H34HfN3-3. The van der Waals surface area contributed by atoms with Crippen molar-refractivity contribution in [1.82, 2.24) is 9.55 Å². The Hall–Kier alpha value is -2.98. The van der Waals surface area contributed by atoms with Crippen LogP contribution in [0.3, 0.4) is 0 Å². The van der Waals surface area contributed by atoms with Gasteiger partial charge in [0.15, 0.2) is 0 Å². The van der Waals surface area contributed by atoms with Crippen LogP contribution in [0.2, 0.25) is 0 Å². The summed E-state index contributed by atoms with van der Waals surface area (Å²) in [7, 11) is 2.07. The Bertz CT molecular complexity index is 1500. The summed E-state index contributed by atoms with van der Waals surface area (Å²) in [5.41, 5.74) is 10.3. The quantitative estimate of drug-likeness (QED) is 0.138. The van der Waals surface area contributed by atoms with E-state index in [1.165, 1.54) is 38.8 Å². The number of para-hydroxylation sites is 1. The molecule has 3 nitrogen and oxygen atoms in total. The zero-order chi connectivity index (χ0) is 24.7. The van der Waals surface area contributed by atoms with Crippen molar-refractivity contribution in [3.05, 3.63) is 131 Å². The second-order valence-corrected chi connectivity index (χ2v) is 9.62. The van der Waals surface area contributed by atoms with Crippen LogP contribution in [0.1, 0.15) is 45.2 Å². The van der Waals surface area contributed by atoms with Gasteiger partial charge in [-0.15, -0.1) is 34.8 Å². The normalized spacial score (nSPS) is 11.5. The first kappa shape index (κ1) is 28.6. The van der Waals surface area contributed by atoms with Crippen molar-refractivity contribution in [2.75, 3.05) is 0 Å². The smallest absolute Gasteiger partial charge is 0.0872 e. The van der Waals surface area contributed by atoms with Crippen molar-refractivity contribution in [3.8, 4) is 11.3 Å². The molecule has 0 saturated carbocycles. The van der Waals surface area contributed by atoms with Gasteiger partial charge in [0.25, 0.3) is 0 Å². The van der Waals surface area contributed by atoms with E-state index in [0.29, 0.717) is 0 Å². The number of benzene rings is 4. The summed E-state index contributed by atoms with van der Waals surface area (Å²) in [5.74, 6) is 0.930. The van der Waals surface area contributed by atoms with E-state index in [1.807, 2.05) is 6.07 Å². The first-order valence-corrected chi connectivity index (χ1v) is 12.1. The van der Waals surface area contributed by atoms with E-state index >= 15 is 0 Å². The van der Waals surface area contributed by atoms with Crippen LogP contribution < -0.4 is 0 Å². The molecule has 4 aromatic carbocycles. The summed E-state index contributed by atoms with van der Waals surface area (Å²) in [6.45, 7) is 10.8. The van der Waals surface area contributed by atoms with E-state index in [-0.39, 0.29) is 39.3 Å². The summed E-state index contributed by atoms with van der Waals surface area (Å²) in [5, 5.41) is 7.73. The monoisotopic (exact) mass is 652 g/mol. The van der Waals surface area contributed by atoms with Gasteiger partial charge in [0.2, 0.25) is 0 Å². The van der Waals surface area contributed by atoms with Gasteiger partial charge in [0.1, 0.15) is 0 Å². The van der Waals surface area contributed by atoms with Gasteiger partial charge in [-0.1, -0.05) is 76.7 Å². The van der Waals surface area contributed by atoms with Gasteiger partial charge in [0.05, 0.1) is 5.82 Å². The molecule has 0 aliphatic carbocycles. The summed E-state index contributed by atoms with van der Waals surface area (Å²) < 4.78 is 2.13. The fourth-order valence-electron chi connectivity index (χ4n) is 5.24. The van der Waals surface area contributed by atoms with Crippen molar-refractivity contribution < 1.29 is 25.8 Å². The fourth-order valence-corrected chi connectivity index (χ4v) is 5.24. The Balaban J connectivity index is 0.00000190. The number of nitrogens with zero attached hydrogens (tertiary/aromatic N) is 3. The Morgan fingerprint density at radius 2 is 1.49 bits per heavy atom. The third kappa shape index (κ3) is 5.50. The van der Waals surface area contributed by atoms with Crippen molar-refractivity contribution in [1.29, 1.82) is 0 Å². The molecule has 1 atom stereocenters. The molecule has 1 unspecified atom stereocenters. The van der Waals surface area contributed by atoms with Crippen LogP contribution in [0.4, 0.5) is 5.69 Å². The zero-order valence-corrected chi connectivity index (χ0v) is 26.4. The molecule has 0 bridgehead atoms. The predicted octanol–water partition coefficient (Wildman–Crippen LogP) is 8.83. The number of hydrogen-bond acceptors (Lipinski definition) is 1. The minimum atomic E-state index is -0.218. The summed E-state index contributed by atoms with van der Waals surface area (Å²) in [4.78, 5) is 5.20. The van der Waals surface area contributed by atoms with Crippen LogP contribution in [0.25, 0.3) is 27.3 Å². The molecule has 37 heavy (non-hydrogen) atoms. The molecular weight excluding hydrogens is 617 g/mol. The number of imidazole rings is 1. The third-order valence-electron chi connectivity index (χ3n) is 6.84. The molecule has 4 heteroatoms. The number of aryl methyl sites for hydroxylation is 6. The van der Waals surface area contributed by atoms with E-state index in [0.717, 1.165) is 28.2 Å². The van der Waals surface area contributed by atoms with Crippen LogP contribution in [0.5, 0.6) is 0 Å². The Morgan fingerprint density at radius 3 is 2.16 bits per heavy atom. The van der Waals surface area contributed by atoms with E-state index in [1.54, 1.807) is 0 Å². The van der Waals surface area contributed by atoms with Gasteiger partial charge in [-0.25, -0.2) is 0 Å². The maximum absolute atomic E-state index is 5.39. The molecule has 0 saturated heterocycles. The fraction of sp³-hybridized carbons (Fsp3) is 0.212. The first-order valence-electron chi connectivity index (χ1n) is 12.1.